The van der Waals surface area contributed by atoms with Gasteiger partial charge in [0.1, 0.15) is 17.3 Å². The highest BCUT2D eigenvalue weighted by molar-refractivity contribution is 6.30. The zero-order valence-corrected chi connectivity index (χ0v) is 20.8. The smallest absolute Gasteiger partial charge is 0.241 e. The van der Waals surface area contributed by atoms with E-state index in [9.17, 15) is 4.79 Å². The van der Waals surface area contributed by atoms with Crippen molar-refractivity contribution < 1.29 is 15.2 Å². The number of anilines is 5. The fourth-order valence-corrected chi connectivity index (χ4v) is 4.25. The number of halogens is 1. The van der Waals surface area contributed by atoms with E-state index in [4.69, 9.17) is 32.7 Å². The minimum Gasteiger partial charge on any atom is -0.382 e. The van der Waals surface area contributed by atoms with E-state index in [-0.39, 0.29) is 22.6 Å². The summed E-state index contributed by atoms with van der Waals surface area (Å²) >= 11 is 6.18. The summed E-state index contributed by atoms with van der Waals surface area (Å²) in [4.78, 5) is 25.6. The van der Waals surface area contributed by atoms with Crippen molar-refractivity contribution in [1.82, 2.24) is 14.9 Å². The van der Waals surface area contributed by atoms with Crippen molar-refractivity contribution in [2.45, 2.75) is 6.92 Å². The number of aryl methyl sites for hydroxylation is 1. The fourth-order valence-electron chi connectivity index (χ4n) is 4.02. The second-order valence-corrected chi connectivity index (χ2v) is 8.99. The molecule has 1 aliphatic heterocycles. The first-order chi connectivity index (χ1) is 17.2. The molecule has 0 saturated carbocycles. The first-order valence-corrected chi connectivity index (χ1v) is 11.8. The number of carbonyl (C=O) groups is 1. The molecule has 2 aromatic heterocycles. The maximum absolute atomic E-state index is 12.8. The Kier molecular flexibility index (Phi) is 7.75. The van der Waals surface area contributed by atoms with Crippen molar-refractivity contribution in [3.05, 3.63) is 53.1 Å². The Morgan fingerprint density at radius 2 is 1.75 bits per heavy atom. The van der Waals surface area contributed by atoms with Gasteiger partial charge in [0, 0.05) is 36.8 Å². The summed E-state index contributed by atoms with van der Waals surface area (Å²) in [6, 6.07) is 12.4. The maximum Gasteiger partial charge on any atom is 0.241 e. The molecule has 1 saturated heterocycles. The average Bonchev–Trinajstić information content (AvgIpc) is 2.82. The lowest BCUT2D eigenvalue weighted by atomic mass is 10.0. The largest absolute Gasteiger partial charge is 0.382 e. The van der Waals surface area contributed by atoms with Crippen molar-refractivity contribution in [2.75, 3.05) is 66.3 Å². The van der Waals surface area contributed by atoms with Gasteiger partial charge in [-0.2, -0.15) is 0 Å². The molecule has 0 radical (unpaired) electrons. The molecule has 0 spiro atoms. The maximum atomic E-state index is 12.8. The summed E-state index contributed by atoms with van der Waals surface area (Å²) in [7, 11) is 1.94. The van der Waals surface area contributed by atoms with Crippen LogP contribution in [0, 0.1) is 6.92 Å². The molecule has 1 aliphatic rings. The molecule has 0 unspecified atom stereocenters. The standard InChI is InChI=1S/C24H29ClN8O3/c1-15-13-16(25)3-4-17(15)23-18(32-12-11-31(2)14-22(32)34)5-7-20(29-23)27-9-10-28-21-8-6-19(33(35)36)24(26)30-21/h3-8,13,35-36H,9-12,14H2,1-2H3,(H,27,29)(H3,26,28,30). The highest BCUT2D eigenvalue weighted by Gasteiger charge is 2.26. The van der Waals surface area contributed by atoms with Gasteiger partial charge in [0.25, 0.3) is 0 Å². The number of nitrogens with two attached hydrogens (primary N) is 1. The van der Waals surface area contributed by atoms with Crippen LogP contribution in [0.25, 0.3) is 11.3 Å². The van der Waals surface area contributed by atoms with Crippen LogP contribution in [0.3, 0.4) is 0 Å². The van der Waals surface area contributed by atoms with Gasteiger partial charge in [-0.25, -0.2) is 9.97 Å². The topological polar surface area (TPSA) is 143 Å². The SMILES string of the molecule is Cc1cc(Cl)ccc1-c1nc(NCCNc2ccc(N(O)O)c(N)n2)ccc1N1CCN(C)CC1=O. The lowest BCUT2D eigenvalue weighted by Crippen LogP contribution is -2.49. The summed E-state index contributed by atoms with van der Waals surface area (Å²) in [5.74, 6) is 1.17. The molecule has 36 heavy (non-hydrogen) atoms. The van der Waals surface area contributed by atoms with Gasteiger partial charge in [0.15, 0.2) is 5.82 Å². The minimum atomic E-state index is -0.0707. The second-order valence-electron chi connectivity index (χ2n) is 8.55. The monoisotopic (exact) mass is 512 g/mol. The molecule has 4 rings (SSSR count). The number of hydrogen-bond donors (Lipinski definition) is 5. The quantitative estimate of drug-likeness (QED) is 0.225. The highest BCUT2D eigenvalue weighted by Crippen LogP contribution is 2.34. The Balaban J connectivity index is 1.51. The van der Waals surface area contributed by atoms with E-state index in [2.05, 4.69) is 15.6 Å². The Morgan fingerprint density at radius 1 is 1.06 bits per heavy atom. The third kappa shape index (κ3) is 5.77. The Bertz CT molecular complexity index is 1260. The van der Waals surface area contributed by atoms with E-state index < -0.39 is 0 Å². The van der Waals surface area contributed by atoms with Gasteiger partial charge in [-0.1, -0.05) is 17.7 Å². The third-order valence-corrected chi connectivity index (χ3v) is 6.11. The number of nitrogens with zero attached hydrogens (tertiary/aromatic N) is 5. The van der Waals surface area contributed by atoms with Gasteiger partial charge in [-0.05, 0) is 55.9 Å². The summed E-state index contributed by atoms with van der Waals surface area (Å²) < 4.78 is 0. The van der Waals surface area contributed by atoms with Crippen molar-refractivity contribution in [1.29, 1.82) is 0 Å². The molecule has 190 valence electrons. The summed E-state index contributed by atoms with van der Waals surface area (Å²) in [6.07, 6.45) is 0. The highest BCUT2D eigenvalue weighted by atomic mass is 35.5. The zero-order chi connectivity index (χ0) is 25.8. The number of carbonyl (C=O) groups excluding carboxylic acids is 1. The van der Waals surface area contributed by atoms with E-state index in [1.807, 2.05) is 49.2 Å². The predicted octanol–water partition coefficient (Wildman–Crippen LogP) is 3.07. The van der Waals surface area contributed by atoms with E-state index in [1.165, 1.54) is 6.07 Å². The minimum absolute atomic E-state index is 0.00757. The molecule has 1 aromatic carbocycles. The molecule has 3 aromatic rings. The molecule has 3 heterocycles. The van der Waals surface area contributed by atoms with Crippen LogP contribution in [0.4, 0.5) is 28.8 Å². The number of amides is 1. The van der Waals surface area contributed by atoms with Gasteiger partial charge < -0.3 is 21.3 Å². The van der Waals surface area contributed by atoms with Gasteiger partial charge in [0.05, 0.1) is 17.9 Å². The van der Waals surface area contributed by atoms with Crippen LogP contribution in [-0.4, -0.2) is 71.0 Å². The van der Waals surface area contributed by atoms with E-state index >= 15 is 0 Å². The lowest BCUT2D eigenvalue weighted by Gasteiger charge is -2.33. The Labute approximate surface area is 214 Å². The number of aromatic nitrogens is 2. The van der Waals surface area contributed by atoms with Crippen LogP contribution in [0.2, 0.25) is 5.02 Å². The molecular formula is C24H29ClN8O3. The molecule has 12 heteroatoms. The van der Waals surface area contributed by atoms with Gasteiger partial charge >= 0.3 is 0 Å². The van der Waals surface area contributed by atoms with E-state index in [1.54, 1.807) is 11.0 Å². The van der Waals surface area contributed by atoms with Crippen LogP contribution in [0.1, 0.15) is 5.56 Å². The Morgan fingerprint density at radius 3 is 2.39 bits per heavy atom. The molecule has 1 amide bonds. The first kappa shape index (κ1) is 25.5. The van der Waals surface area contributed by atoms with Crippen molar-refractivity contribution in [3.8, 4) is 11.3 Å². The lowest BCUT2D eigenvalue weighted by molar-refractivity contribution is -0.120. The molecule has 1 fully saturated rings. The zero-order valence-electron chi connectivity index (χ0n) is 20.1. The number of rotatable bonds is 8. The molecule has 0 aliphatic carbocycles. The predicted molar refractivity (Wildman–Crippen MR) is 141 cm³/mol. The van der Waals surface area contributed by atoms with Crippen LogP contribution in [0.15, 0.2) is 42.5 Å². The number of pyridine rings is 2. The average molecular weight is 513 g/mol. The first-order valence-electron chi connectivity index (χ1n) is 11.4. The second kappa shape index (κ2) is 11.0. The van der Waals surface area contributed by atoms with Gasteiger partial charge in [-0.15, -0.1) is 5.23 Å². The summed E-state index contributed by atoms with van der Waals surface area (Å²) in [5, 5.41) is 25.2. The Hall–Kier alpha value is -3.64. The molecule has 6 N–H and O–H groups in total. The van der Waals surface area contributed by atoms with Crippen LogP contribution >= 0.6 is 11.6 Å². The van der Waals surface area contributed by atoms with Crippen LogP contribution in [0.5, 0.6) is 0 Å². The summed E-state index contributed by atoms with van der Waals surface area (Å²) in [5.41, 5.74) is 9.07. The third-order valence-electron chi connectivity index (χ3n) is 5.87. The number of nitrogens with one attached hydrogen (secondary N) is 2. The fraction of sp³-hybridized carbons (Fsp3) is 0.292. The van der Waals surface area contributed by atoms with Crippen LogP contribution < -0.4 is 26.5 Å². The number of nitrogen functional groups attached to an aromatic ring is 1. The number of piperazine rings is 1. The van der Waals surface area contributed by atoms with Gasteiger partial charge in [-0.3, -0.25) is 20.1 Å². The molecular weight excluding hydrogens is 484 g/mol. The van der Waals surface area contributed by atoms with Gasteiger partial charge in [0.2, 0.25) is 5.91 Å². The molecule has 11 nitrogen and oxygen atoms in total. The normalized spacial score (nSPS) is 14.1. The van der Waals surface area contributed by atoms with Crippen molar-refractivity contribution >= 4 is 46.3 Å². The van der Waals surface area contributed by atoms with Crippen molar-refractivity contribution in [3.63, 3.8) is 0 Å². The van der Waals surface area contributed by atoms with E-state index in [0.717, 1.165) is 23.4 Å². The van der Waals surface area contributed by atoms with Crippen molar-refractivity contribution in [2.24, 2.45) is 0 Å². The number of likely N-dealkylation sites (N-methyl/N-ethyl adjacent to an activating group) is 1. The van der Waals surface area contributed by atoms with E-state index in [0.29, 0.717) is 48.5 Å². The van der Waals surface area contributed by atoms with Crippen LogP contribution in [-0.2, 0) is 4.79 Å². The number of benzene rings is 1. The molecule has 0 atom stereocenters. The summed E-state index contributed by atoms with van der Waals surface area (Å²) in [6.45, 7) is 4.73. The number of hydrogen-bond acceptors (Lipinski definition) is 10. The molecule has 0 bridgehead atoms.